The monoisotopic (exact) mass is 271 g/mol. The molecule has 4 nitrogen and oxygen atoms in total. The van der Waals surface area contributed by atoms with E-state index in [0.29, 0.717) is 11.5 Å². The molecule has 0 amide bonds. The minimum Gasteiger partial charge on any atom is -0.309 e. The molecule has 94 valence electrons. The van der Waals surface area contributed by atoms with Crippen molar-refractivity contribution in [3.8, 4) is 11.3 Å². The molecular formula is C14H10ClN3O. The number of benzene rings is 1. The third-order valence-corrected chi connectivity index (χ3v) is 3.27. The molecule has 3 aromatic rings. The summed E-state index contributed by atoms with van der Waals surface area (Å²) in [7, 11) is 0. The Hall–Kier alpha value is -2.20. The van der Waals surface area contributed by atoms with Crippen LogP contribution in [0.3, 0.4) is 0 Å². The number of H-pyrrole nitrogens is 1. The third kappa shape index (κ3) is 2.00. The fraction of sp³-hybridized carbons (Fsp3) is 0.0714. The molecule has 0 radical (unpaired) electrons. The van der Waals surface area contributed by atoms with Crippen LogP contribution in [0, 0.1) is 6.92 Å². The van der Waals surface area contributed by atoms with Crippen molar-refractivity contribution in [2.75, 3.05) is 0 Å². The molecule has 1 aromatic carbocycles. The highest BCUT2D eigenvalue weighted by atomic mass is 35.5. The number of halogens is 1. The predicted molar refractivity (Wildman–Crippen MR) is 75.3 cm³/mol. The summed E-state index contributed by atoms with van der Waals surface area (Å²) in [6, 6.07) is 7.64. The summed E-state index contributed by atoms with van der Waals surface area (Å²) in [5, 5.41) is 2.06. The normalized spacial score (nSPS) is 10.8. The molecule has 0 saturated carbocycles. The predicted octanol–water partition coefficient (Wildman–Crippen LogP) is 2.95. The largest absolute Gasteiger partial charge is 0.309 e. The molecule has 0 atom stereocenters. The van der Waals surface area contributed by atoms with E-state index >= 15 is 0 Å². The van der Waals surface area contributed by atoms with Crippen LogP contribution in [0.15, 0.2) is 41.5 Å². The third-order valence-electron chi connectivity index (χ3n) is 2.92. The second kappa shape index (κ2) is 4.48. The van der Waals surface area contributed by atoms with Crippen LogP contribution in [0.2, 0.25) is 5.02 Å². The van der Waals surface area contributed by atoms with Gasteiger partial charge < -0.3 is 4.98 Å². The summed E-state index contributed by atoms with van der Waals surface area (Å²) in [4.78, 5) is 22.7. The zero-order valence-electron chi connectivity index (χ0n) is 10.1. The topological polar surface area (TPSA) is 58.6 Å². The van der Waals surface area contributed by atoms with E-state index in [1.165, 1.54) is 0 Å². The van der Waals surface area contributed by atoms with Crippen molar-refractivity contribution in [1.82, 2.24) is 15.0 Å². The second-order valence-electron chi connectivity index (χ2n) is 4.22. The van der Waals surface area contributed by atoms with Crippen molar-refractivity contribution in [2.24, 2.45) is 0 Å². The van der Waals surface area contributed by atoms with Crippen LogP contribution >= 0.6 is 11.6 Å². The van der Waals surface area contributed by atoms with Gasteiger partial charge in [0.05, 0.1) is 5.69 Å². The molecule has 0 spiro atoms. The average molecular weight is 272 g/mol. The van der Waals surface area contributed by atoms with Crippen LogP contribution in [0.1, 0.15) is 5.82 Å². The Kier molecular flexibility index (Phi) is 2.80. The van der Waals surface area contributed by atoms with Gasteiger partial charge in [0, 0.05) is 23.3 Å². The van der Waals surface area contributed by atoms with Gasteiger partial charge in [-0.05, 0) is 18.4 Å². The Labute approximate surface area is 114 Å². The van der Waals surface area contributed by atoms with Gasteiger partial charge in [-0.3, -0.25) is 9.78 Å². The molecular weight excluding hydrogens is 262 g/mol. The first-order valence-corrected chi connectivity index (χ1v) is 6.14. The van der Waals surface area contributed by atoms with Gasteiger partial charge in [-0.15, -0.1) is 0 Å². The van der Waals surface area contributed by atoms with E-state index in [1.807, 2.05) is 24.3 Å². The Bertz CT molecular complexity index is 821. The summed E-state index contributed by atoms with van der Waals surface area (Å²) in [5.74, 6) is 0.537. The first-order chi connectivity index (χ1) is 9.16. The summed E-state index contributed by atoms with van der Waals surface area (Å²) >= 11 is 6.08. The van der Waals surface area contributed by atoms with E-state index in [9.17, 15) is 4.79 Å². The highest BCUT2D eigenvalue weighted by Gasteiger charge is 2.12. The Morgan fingerprint density at radius 3 is 2.95 bits per heavy atom. The fourth-order valence-electron chi connectivity index (χ4n) is 2.08. The number of nitrogens with one attached hydrogen (secondary N) is 1. The van der Waals surface area contributed by atoms with Crippen LogP contribution in [0.4, 0.5) is 0 Å². The van der Waals surface area contributed by atoms with Gasteiger partial charge >= 0.3 is 0 Å². The minimum absolute atomic E-state index is 0.106. The van der Waals surface area contributed by atoms with Gasteiger partial charge in [0.1, 0.15) is 10.8 Å². The van der Waals surface area contributed by atoms with E-state index in [1.54, 1.807) is 19.3 Å². The molecule has 3 rings (SSSR count). The maximum Gasteiger partial charge on any atom is 0.270 e. The standard InChI is InChI=1S/C14H10ClN3O/c1-8-17-13(12(15)14(19)18-8)11-4-2-3-9-7-16-6-5-10(9)11/h2-7H,1H3,(H,17,18,19). The number of aromatic nitrogens is 3. The molecule has 0 aliphatic carbocycles. The Balaban J connectivity index is 2.40. The molecule has 0 bridgehead atoms. The lowest BCUT2D eigenvalue weighted by atomic mass is 10.0. The summed E-state index contributed by atoms with van der Waals surface area (Å²) in [5.41, 5.74) is 1.01. The fourth-order valence-corrected chi connectivity index (χ4v) is 2.27. The minimum atomic E-state index is -0.324. The molecule has 0 aliphatic rings. The van der Waals surface area contributed by atoms with Gasteiger partial charge in [-0.1, -0.05) is 29.8 Å². The number of rotatable bonds is 1. The maximum absolute atomic E-state index is 11.7. The lowest BCUT2D eigenvalue weighted by Gasteiger charge is -2.07. The van der Waals surface area contributed by atoms with Crippen molar-refractivity contribution in [3.05, 3.63) is 57.9 Å². The van der Waals surface area contributed by atoms with E-state index in [4.69, 9.17) is 11.6 Å². The molecule has 2 heterocycles. The number of hydrogen-bond donors (Lipinski definition) is 1. The summed E-state index contributed by atoms with van der Waals surface area (Å²) in [6.07, 6.45) is 3.48. The van der Waals surface area contributed by atoms with Gasteiger partial charge in [0.15, 0.2) is 0 Å². The molecule has 5 heteroatoms. The second-order valence-corrected chi connectivity index (χ2v) is 4.59. The maximum atomic E-state index is 11.7. The van der Waals surface area contributed by atoms with E-state index < -0.39 is 0 Å². The lowest BCUT2D eigenvalue weighted by molar-refractivity contribution is 1.03. The number of nitrogens with zero attached hydrogens (tertiary/aromatic N) is 2. The van der Waals surface area contributed by atoms with Crippen LogP contribution in [0.5, 0.6) is 0 Å². The molecule has 0 unspecified atom stereocenters. The number of hydrogen-bond acceptors (Lipinski definition) is 3. The highest BCUT2D eigenvalue weighted by molar-refractivity contribution is 6.33. The van der Waals surface area contributed by atoms with Crippen LogP contribution in [-0.2, 0) is 0 Å². The average Bonchev–Trinajstić information content (AvgIpc) is 2.42. The van der Waals surface area contributed by atoms with Crippen molar-refractivity contribution < 1.29 is 0 Å². The number of pyridine rings is 1. The Morgan fingerprint density at radius 2 is 2.11 bits per heavy atom. The van der Waals surface area contributed by atoms with Crippen LogP contribution in [0.25, 0.3) is 22.0 Å². The lowest BCUT2D eigenvalue weighted by Crippen LogP contribution is -2.11. The number of aromatic amines is 1. The SMILES string of the molecule is Cc1nc(-c2cccc3cnccc23)c(Cl)c(=O)[nH]1. The van der Waals surface area contributed by atoms with Crippen molar-refractivity contribution >= 4 is 22.4 Å². The first-order valence-electron chi connectivity index (χ1n) is 5.76. The van der Waals surface area contributed by atoms with Gasteiger partial charge in [-0.25, -0.2) is 4.98 Å². The van der Waals surface area contributed by atoms with E-state index in [2.05, 4.69) is 15.0 Å². The zero-order chi connectivity index (χ0) is 13.4. The molecule has 0 aliphatic heterocycles. The van der Waals surface area contributed by atoms with Crippen LogP contribution < -0.4 is 5.56 Å². The molecule has 2 aromatic heterocycles. The van der Waals surface area contributed by atoms with E-state index in [0.717, 1.165) is 16.3 Å². The van der Waals surface area contributed by atoms with Gasteiger partial charge in [-0.2, -0.15) is 0 Å². The van der Waals surface area contributed by atoms with Crippen molar-refractivity contribution in [2.45, 2.75) is 6.92 Å². The van der Waals surface area contributed by atoms with Gasteiger partial charge in [0.2, 0.25) is 0 Å². The molecule has 0 fully saturated rings. The van der Waals surface area contributed by atoms with E-state index in [-0.39, 0.29) is 10.6 Å². The molecule has 0 saturated heterocycles. The highest BCUT2D eigenvalue weighted by Crippen LogP contribution is 2.29. The summed E-state index contributed by atoms with van der Waals surface area (Å²) < 4.78 is 0. The zero-order valence-corrected chi connectivity index (χ0v) is 10.9. The first kappa shape index (κ1) is 11.9. The van der Waals surface area contributed by atoms with Crippen molar-refractivity contribution in [1.29, 1.82) is 0 Å². The number of fused-ring (bicyclic) bond motifs is 1. The Morgan fingerprint density at radius 1 is 1.26 bits per heavy atom. The smallest absolute Gasteiger partial charge is 0.270 e. The number of aryl methyl sites for hydroxylation is 1. The van der Waals surface area contributed by atoms with Crippen molar-refractivity contribution in [3.63, 3.8) is 0 Å². The molecule has 19 heavy (non-hydrogen) atoms. The van der Waals surface area contributed by atoms with Gasteiger partial charge in [0.25, 0.3) is 5.56 Å². The quantitative estimate of drug-likeness (QED) is 0.740. The molecule has 1 N–H and O–H groups in total. The van der Waals surface area contributed by atoms with Crippen LogP contribution in [-0.4, -0.2) is 15.0 Å². The summed E-state index contributed by atoms with van der Waals surface area (Å²) in [6.45, 7) is 1.73.